The van der Waals surface area contributed by atoms with Crippen molar-refractivity contribution >= 4 is 0 Å². The van der Waals surface area contributed by atoms with Crippen LogP contribution in [-0.4, -0.2) is 7.11 Å². The van der Waals surface area contributed by atoms with Crippen LogP contribution in [0.5, 0.6) is 5.75 Å². The molecule has 2 N–H and O–H groups in total. The molecule has 0 aliphatic heterocycles. The van der Waals surface area contributed by atoms with Crippen molar-refractivity contribution in [2.45, 2.75) is 40.7 Å². The van der Waals surface area contributed by atoms with Crippen molar-refractivity contribution in [1.29, 1.82) is 0 Å². The molecule has 2 rings (SSSR count). The van der Waals surface area contributed by atoms with Crippen LogP contribution in [0.1, 0.15) is 44.9 Å². The van der Waals surface area contributed by atoms with E-state index < -0.39 is 0 Å². The molecule has 0 aromatic heterocycles. The van der Waals surface area contributed by atoms with Gasteiger partial charge in [0.2, 0.25) is 0 Å². The number of hydrogen-bond acceptors (Lipinski definition) is 2. The lowest BCUT2D eigenvalue weighted by atomic mass is 9.95. The van der Waals surface area contributed by atoms with Gasteiger partial charge in [-0.1, -0.05) is 45.4 Å². The second-order valence-corrected chi connectivity index (χ2v) is 6.69. The number of nitrogens with two attached hydrogens (primary N) is 1. The van der Waals surface area contributed by atoms with Crippen LogP contribution >= 0.6 is 0 Å². The number of ether oxygens (including phenoxy) is 1. The molecule has 0 heterocycles. The van der Waals surface area contributed by atoms with Crippen molar-refractivity contribution in [2.24, 2.45) is 22.5 Å². The lowest BCUT2D eigenvalue weighted by Gasteiger charge is -2.18. The average Bonchev–Trinajstić information content (AvgIpc) is 2.68. The van der Waals surface area contributed by atoms with Crippen LogP contribution in [0.25, 0.3) is 0 Å². The predicted octanol–water partition coefficient (Wildman–Crippen LogP) is 3.69. The van der Waals surface area contributed by atoms with Gasteiger partial charge in [0.25, 0.3) is 0 Å². The average molecular weight is 247 g/mol. The van der Waals surface area contributed by atoms with Crippen LogP contribution in [0.3, 0.4) is 0 Å². The Labute approximate surface area is 111 Å². The van der Waals surface area contributed by atoms with E-state index in [0.717, 1.165) is 11.3 Å². The van der Waals surface area contributed by atoms with Crippen molar-refractivity contribution in [3.63, 3.8) is 0 Å². The third-order valence-electron chi connectivity index (χ3n) is 5.24. The minimum Gasteiger partial charge on any atom is -0.496 e. The van der Waals surface area contributed by atoms with Crippen LogP contribution in [0.4, 0.5) is 0 Å². The normalized spacial score (nSPS) is 22.6. The van der Waals surface area contributed by atoms with Crippen LogP contribution in [-0.2, 0) is 0 Å². The van der Waals surface area contributed by atoms with E-state index in [-0.39, 0.29) is 6.04 Å². The van der Waals surface area contributed by atoms with Gasteiger partial charge in [-0.25, -0.2) is 0 Å². The van der Waals surface area contributed by atoms with Gasteiger partial charge < -0.3 is 10.5 Å². The SMILES string of the molecule is COc1ccc(C)cc1C(N)C1C(C)(C)C1(C)C. The van der Waals surface area contributed by atoms with E-state index in [2.05, 4.69) is 46.8 Å². The van der Waals surface area contributed by atoms with E-state index in [4.69, 9.17) is 10.5 Å². The maximum atomic E-state index is 6.52. The molecule has 0 bridgehead atoms. The van der Waals surface area contributed by atoms with Gasteiger partial charge in [-0.15, -0.1) is 0 Å². The number of hydrogen-bond donors (Lipinski definition) is 1. The highest BCUT2D eigenvalue weighted by Gasteiger charge is 2.66. The highest BCUT2D eigenvalue weighted by molar-refractivity contribution is 5.41. The molecule has 2 heteroatoms. The van der Waals surface area contributed by atoms with Crippen molar-refractivity contribution in [1.82, 2.24) is 0 Å². The highest BCUT2D eigenvalue weighted by atomic mass is 16.5. The molecule has 1 unspecified atom stereocenters. The standard InChI is InChI=1S/C16H25NO/c1-10-7-8-12(18-6)11(9-10)13(17)14-15(2,3)16(14,4)5/h7-9,13-14H,17H2,1-6H3. The molecule has 1 atom stereocenters. The Morgan fingerprint density at radius 2 is 1.72 bits per heavy atom. The Bertz CT molecular complexity index is 448. The van der Waals surface area contributed by atoms with Crippen molar-refractivity contribution in [3.05, 3.63) is 29.3 Å². The van der Waals surface area contributed by atoms with E-state index in [1.54, 1.807) is 7.11 Å². The quantitative estimate of drug-likeness (QED) is 0.884. The summed E-state index contributed by atoms with van der Waals surface area (Å²) in [5.74, 6) is 1.41. The zero-order valence-electron chi connectivity index (χ0n) is 12.4. The fourth-order valence-corrected chi connectivity index (χ4v) is 3.44. The number of methoxy groups -OCH3 is 1. The molecule has 0 spiro atoms. The third kappa shape index (κ3) is 1.74. The minimum atomic E-state index is 0.0462. The molecule has 0 radical (unpaired) electrons. The van der Waals surface area contributed by atoms with Gasteiger partial charge in [0, 0.05) is 11.6 Å². The van der Waals surface area contributed by atoms with Gasteiger partial charge in [0.1, 0.15) is 5.75 Å². The lowest BCUT2D eigenvalue weighted by Crippen LogP contribution is -2.17. The molecule has 2 nitrogen and oxygen atoms in total. The maximum Gasteiger partial charge on any atom is 0.123 e. The van der Waals surface area contributed by atoms with Crippen molar-refractivity contribution in [2.75, 3.05) is 7.11 Å². The molecular weight excluding hydrogens is 222 g/mol. The fourth-order valence-electron chi connectivity index (χ4n) is 3.44. The molecule has 1 aromatic rings. The molecule has 100 valence electrons. The van der Waals surface area contributed by atoms with Gasteiger partial charge in [-0.05, 0) is 29.7 Å². The first-order valence-corrected chi connectivity index (χ1v) is 6.63. The number of rotatable bonds is 3. The Kier molecular flexibility index (Phi) is 2.97. The summed E-state index contributed by atoms with van der Waals surface area (Å²) < 4.78 is 5.46. The third-order valence-corrected chi connectivity index (χ3v) is 5.24. The van der Waals surface area contributed by atoms with E-state index in [1.165, 1.54) is 5.56 Å². The van der Waals surface area contributed by atoms with Gasteiger partial charge in [-0.2, -0.15) is 0 Å². The number of aryl methyl sites for hydroxylation is 1. The van der Waals surface area contributed by atoms with Crippen molar-refractivity contribution in [3.8, 4) is 5.75 Å². The van der Waals surface area contributed by atoms with Crippen LogP contribution in [0.2, 0.25) is 0 Å². The first kappa shape index (κ1) is 13.4. The largest absolute Gasteiger partial charge is 0.496 e. The van der Waals surface area contributed by atoms with Gasteiger partial charge in [-0.3, -0.25) is 0 Å². The van der Waals surface area contributed by atoms with E-state index in [9.17, 15) is 0 Å². The highest BCUT2D eigenvalue weighted by Crippen LogP contribution is 2.72. The molecule has 0 amide bonds. The van der Waals surface area contributed by atoms with Crippen LogP contribution in [0, 0.1) is 23.7 Å². The Balaban J connectivity index is 2.36. The first-order valence-electron chi connectivity index (χ1n) is 6.63. The zero-order chi connectivity index (χ0) is 13.7. The first-order chi connectivity index (χ1) is 8.23. The smallest absolute Gasteiger partial charge is 0.123 e. The monoisotopic (exact) mass is 247 g/mol. The Morgan fingerprint density at radius 1 is 1.17 bits per heavy atom. The summed E-state index contributed by atoms with van der Waals surface area (Å²) in [7, 11) is 1.71. The summed E-state index contributed by atoms with van der Waals surface area (Å²) in [5, 5.41) is 0. The van der Waals surface area contributed by atoms with Gasteiger partial charge in [0.05, 0.1) is 7.11 Å². The molecule has 0 saturated heterocycles. The van der Waals surface area contributed by atoms with Gasteiger partial charge in [0.15, 0.2) is 0 Å². The van der Waals surface area contributed by atoms with E-state index in [1.807, 2.05) is 6.07 Å². The van der Waals surface area contributed by atoms with Gasteiger partial charge >= 0.3 is 0 Å². The molecule has 1 saturated carbocycles. The Morgan fingerprint density at radius 3 is 2.17 bits per heavy atom. The summed E-state index contributed by atoms with van der Waals surface area (Å²) in [5.41, 5.74) is 9.48. The summed E-state index contributed by atoms with van der Waals surface area (Å²) in [4.78, 5) is 0. The van der Waals surface area contributed by atoms with Crippen molar-refractivity contribution < 1.29 is 4.74 Å². The second-order valence-electron chi connectivity index (χ2n) is 6.69. The molecule has 18 heavy (non-hydrogen) atoms. The summed E-state index contributed by atoms with van der Waals surface area (Å²) in [6, 6.07) is 6.30. The topological polar surface area (TPSA) is 35.2 Å². The number of benzene rings is 1. The van der Waals surface area contributed by atoms with Crippen LogP contribution in [0.15, 0.2) is 18.2 Å². The molecule has 1 aromatic carbocycles. The molecular formula is C16H25NO. The van der Waals surface area contributed by atoms with E-state index >= 15 is 0 Å². The minimum absolute atomic E-state index is 0.0462. The summed E-state index contributed by atoms with van der Waals surface area (Å²) in [6.45, 7) is 11.3. The molecule has 1 aliphatic carbocycles. The van der Waals surface area contributed by atoms with E-state index in [0.29, 0.717) is 16.7 Å². The van der Waals surface area contributed by atoms with Crippen LogP contribution < -0.4 is 10.5 Å². The summed E-state index contributed by atoms with van der Waals surface area (Å²) in [6.07, 6.45) is 0. The summed E-state index contributed by atoms with van der Waals surface area (Å²) >= 11 is 0. The fraction of sp³-hybridized carbons (Fsp3) is 0.625. The molecule has 1 aliphatic rings. The maximum absolute atomic E-state index is 6.52. The molecule has 1 fully saturated rings. The second kappa shape index (κ2) is 3.99. The lowest BCUT2D eigenvalue weighted by molar-refractivity contribution is 0.396. The zero-order valence-corrected chi connectivity index (χ0v) is 12.4. The Hall–Kier alpha value is -1.02. The predicted molar refractivity (Wildman–Crippen MR) is 75.7 cm³/mol.